The molecular weight excluding hydrogens is 288 g/mol. The highest BCUT2D eigenvalue weighted by Gasteiger charge is 2.15. The number of carbonyl (C=O) groups is 1. The van der Waals surface area contributed by atoms with Crippen molar-refractivity contribution < 1.29 is 9.90 Å². The maximum Gasteiger partial charge on any atom is 0.313 e. The number of aliphatic carboxylic acids is 1. The van der Waals surface area contributed by atoms with Crippen molar-refractivity contribution in [3.63, 3.8) is 0 Å². The van der Waals surface area contributed by atoms with E-state index < -0.39 is 5.97 Å². The van der Waals surface area contributed by atoms with Gasteiger partial charge in [0.1, 0.15) is 0 Å². The van der Waals surface area contributed by atoms with E-state index in [0.717, 1.165) is 28.2 Å². The molecule has 21 heavy (non-hydrogen) atoms. The van der Waals surface area contributed by atoms with E-state index in [2.05, 4.69) is 10.2 Å². The molecule has 0 radical (unpaired) electrons. The Kier molecular flexibility index (Phi) is 3.49. The highest BCUT2D eigenvalue weighted by Crippen LogP contribution is 2.28. The fourth-order valence-electron chi connectivity index (χ4n) is 2.13. The third kappa shape index (κ3) is 2.55. The van der Waals surface area contributed by atoms with E-state index in [1.54, 1.807) is 4.57 Å². The molecule has 0 saturated carbocycles. The summed E-state index contributed by atoms with van der Waals surface area (Å²) in [5, 5.41) is 19.2. The molecule has 0 aliphatic heterocycles. The first kappa shape index (κ1) is 13.4. The minimum atomic E-state index is -0.911. The van der Waals surface area contributed by atoms with E-state index in [9.17, 15) is 4.79 Å². The molecule has 0 aliphatic rings. The van der Waals surface area contributed by atoms with Gasteiger partial charge in [0.2, 0.25) is 5.95 Å². The number of hydrogen-bond donors (Lipinski definition) is 2. The van der Waals surface area contributed by atoms with Gasteiger partial charge in [0.05, 0.1) is 11.4 Å². The lowest BCUT2D eigenvalue weighted by molar-refractivity contribution is -0.133. The van der Waals surface area contributed by atoms with E-state index in [0.29, 0.717) is 5.16 Å². The van der Waals surface area contributed by atoms with E-state index in [-0.39, 0.29) is 11.7 Å². The third-order valence-corrected chi connectivity index (χ3v) is 3.90. The van der Waals surface area contributed by atoms with Gasteiger partial charge >= 0.3 is 5.97 Å². The van der Waals surface area contributed by atoms with Crippen LogP contribution in [0.1, 0.15) is 0 Å². The van der Waals surface area contributed by atoms with Gasteiger partial charge in [-0.25, -0.2) is 0 Å². The van der Waals surface area contributed by atoms with Gasteiger partial charge in [0, 0.05) is 5.39 Å². The molecule has 6 nitrogen and oxygen atoms in total. The molecule has 0 fully saturated rings. The smallest absolute Gasteiger partial charge is 0.313 e. The number of nitrogen functional groups attached to an aromatic ring is 1. The highest BCUT2D eigenvalue weighted by molar-refractivity contribution is 7.99. The summed E-state index contributed by atoms with van der Waals surface area (Å²) in [5.41, 5.74) is 6.74. The average molecular weight is 300 g/mol. The van der Waals surface area contributed by atoms with Crippen LogP contribution >= 0.6 is 11.8 Å². The molecule has 3 aromatic rings. The predicted octanol–water partition coefficient (Wildman–Crippen LogP) is 2.18. The Labute approximate surface area is 124 Å². The number of thioether (sulfide) groups is 1. The van der Waals surface area contributed by atoms with Gasteiger partial charge in [-0.3, -0.25) is 9.36 Å². The number of benzene rings is 2. The Morgan fingerprint density at radius 3 is 2.76 bits per heavy atom. The monoisotopic (exact) mass is 300 g/mol. The number of aromatic nitrogens is 3. The molecule has 0 atom stereocenters. The quantitative estimate of drug-likeness (QED) is 0.717. The van der Waals surface area contributed by atoms with Crippen LogP contribution in [0.5, 0.6) is 0 Å². The van der Waals surface area contributed by atoms with Crippen LogP contribution in [0.25, 0.3) is 16.5 Å². The molecule has 0 aliphatic carbocycles. The van der Waals surface area contributed by atoms with Gasteiger partial charge in [0.25, 0.3) is 0 Å². The number of rotatable bonds is 4. The minimum Gasteiger partial charge on any atom is -0.481 e. The van der Waals surface area contributed by atoms with Gasteiger partial charge < -0.3 is 10.8 Å². The molecule has 7 heteroatoms. The second-order valence-electron chi connectivity index (χ2n) is 4.36. The van der Waals surface area contributed by atoms with E-state index in [1.165, 1.54) is 0 Å². The summed E-state index contributed by atoms with van der Waals surface area (Å²) in [6, 6.07) is 13.7. The van der Waals surface area contributed by atoms with Gasteiger partial charge in [-0.05, 0) is 11.5 Å². The van der Waals surface area contributed by atoms with Crippen LogP contribution in [0.4, 0.5) is 5.95 Å². The summed E-state index contributed by atoms with van der Waals surface area (Å²) < 4.78 is 1.68. The number of nitrogens with zero attached hydrogens (tertiary/aromatic N) is 3. The molecule has 0 saturated heterocycles. The highest BCUT2D eigenvalue weighted by atomic mass is 32.2. The Balaban J connectivity index is 2.14. The summed E-state index contributed by atoms with van der Waals surface area (Å²) in [6.45, 7) is 0. The Morgan fingerprint density at radius 2 is 1.95 bits per heavy atom. The van der Waals surface area contributed by atoms with Crippen LogP contribution in [0.2, 0.25) is 0 Å². The Morgan fingerprint density at radius 1 is 1.19 bits per heavy atom. The topological polar surface area (TPSA) is 94.0 Å². The van der Waals surface area contributed by atoms with Gasteiger partial charge in [-0.1, -0.05) is 48.2 Å². The largest absolute Gasteiger partial charge is 0.481 e. The first-order chi connectivity index (χ1) is 10.2. The Bertz CT molecular complexity index is 810. The zero-order valence-corrected chi connectivity index (χ0v) is 11.7. The fourth-order valence-corrected chi connectivity index (χ4v) is 2.80. The molecule has 3 N–H and O–H groups in total. The molecule has 0 spiro atoms. The lowest BCUT2D eigenvalue weighted by atomic mass is 10.1. The molecule has 2 aromatic carbocycles. The number of anilines is 1. The number of fused-ring (bicyclic) bond motifs is 1. The molecule has 0 unspecified atom stereocenters. The number of nitrogens with two attached hydrogens (primary N) is 1. The lowest BCUT2D eigenvalue weighted by Gasteiger charge is -2.10. The SMILES string of the molecule is Nc1nnc(SCC(=O)O)n1-c1cccc2ccccc12. The maximum atomic E-state index is 10.7. The second kappa shape index (κ2) is 5.45. The fraction of sp³-hybridized carbons (Fsp3) is 0.0714. The molecule has 0 amide bonds. The Hall–Kier alpha value is -2.54. The van der Waals surface area contributed by atoms with E-state index >= 15 is 0 Å². The van der Waals surface area contributed by atoms with E-state index in [4.69, 9.17) is 10.8 Å². The molecule has 1 heterocycles. The summed E-state index contributed by atoms with van der Waals surface area (Å²) >= 11 is 1.09. The standard InChI is InChI=1S/C14H12N4O2S/c15-13-16-17-14(21-8-12(19)20)18(13)11-7-3-5-9-4-1-2-6-10(9)11/h1-7H,8H2,(H2,15,16)(H,19,20). The van der Waals surface area contributed by atoms with Crippen LogP contribution in [0, 0.1) is 0 Å². The predicted molar refractivity (Wildman–Crippen MR) is 81.6 cm³/mol. The number of hydrogen-bond acceptors (Lipinski definition) is 5. The molecule has 3 rings (SSSR count). The lowest BCUT2D eigenvalue weighted by Crippen LogP contribution is -2.05. The number of carboxylic acids is 1. The summed E-state index contributed by atoms with van der Waals surface area (Å²) in [5.74, 6) is -0.770. The van der Waals surface area contributed by atoms with Crippen LogP contribution in [0.3, 0.4) is 0 Å². The van der Waals surface area contributed by atoms with Gasteiger partial charge in [0.15, 0.2) is 5.16 Å². The first-order valence-electron chi connectivity index (χ1n) is 6.20. The van der Waals surface area contributed by atoms with Crippen molar-refractivity contribution in [2.24, 2.45) is 0 Å². The van der Waals surface area contributed by atoms with Crippen LogP contribution < -0.4 is 5.73 Å². The van der Waals surface area contributed by atoms with Crippen molar-refractivity contribution in [1.29, 1.82) is 0 Å². The molecule has 1 aromatic heterocycles. The summed E-state index contributed by atoms with van der Waals surface area (Å²) in [4.78, 5) is 10.7. The van der Waals surface area contributed by atoms with Crippen molar-refractivity contribution in [3.05, 3.63) is 42.5 Å². The van der Waals surface area contributed by atoms with Crippen molar-refractivity contribution >= 4 is 34.5 Å². The zero-order valence-electron chi connectivity index (χ0n) is 10.9. The van der Waals surface area contributed by atoms with Crippen molar-refractivity contribution in [3.8, 4) is 5.69 Å². The van der Waals surface area contributed by atoms with Crippen LogP contribution in [0.15, 0.2) is 47.6 Å². The third-order valence-electron chi connectivity index (χ3n) is 2.99. The maximum absolute atomic E-state index is 10.7. The molecule has 0 bridgehead atoms. The average Bonchev–Trinajstić information content (AvgIpc) is 2.85. The van der Waals surface area contributed by atoms with Gasteiger partial charge in [-0.15, -0.1) is 10.2 Å². The summed E-state index contributed by atoms with van der Waals surface area (Å²) in [6.07, 6.45) is 0. The first-order valence-corrected chi connectivity index (χ1v) is 7.19. The van der Waals surface area contributed by atoms with Crippen LogP contribution in [-0.4, -0.2) is 31.6 Å². The summed E-state index contributed by atoms with van der Waals surface area (Å²) in [7, 11) is 0. The van der Waals surface area contributed by atoms with Gasteiger partial charge in [-0.2, -0.15) is 0 Å². The van der Waals surface area contributed by atoms with Crippen molar-refractivity contribution in [1.82, 2.24) is 14.8 Å². The van der Waals surface area contributed by atoms with Crippen molar-refractivity contribution in [2.45, 2.75) is 5.16 Å². The van der Waals surface area contributed by atoms with Crippen molar-refractivity contribution in [2.75, 3.05) is 11.5 Å². The number of carboxylic acid groups (broad SMARTS) is 1. The zero-order chi connectivity index (χ0) is 14.8. The minimum absolute atomic E-state index is 0.0943. The van der Waals surface area contributed by atoms with Crippen LogP contribution in [-0.2, 0) is 4.79 Å². The molecular formula is C14H12N4O2S. The van der Waals surface area contributed by atoms with E-state index in [1.807, 2.05) is 42.5 Å². The second-order valence-corrected chi connectivity index (χ2v) is 5.30. The molecule has 106 valence electrons. The normalized spacial score (nSPS) is 10.9.